The van der Waals surface area contributed by atoms with E-state index in [0.717, 1.165) is 34.5 Å². The lowest BCUT2D eigenvalue weighted by atomic mass is 10.1. The molecule has 3 nitrogen and oxygen atoms in total. The van der Waals surface area contributed by atoms with Gasteiger partial charge in [0.2, 0.25) is 0 Å². The van der Waals surface area contributed by atoms with Crippen LogP contribution in [0.15, 0.2) is 36.4 Å². The lowest BCUT2D eigenvalue weighted by molar-refractivity contribution is 0.475. The topological polar surface area (TPSA) is 38.0 Å². The number of phenolic OH excluding ortho intramolecular Hbond substituents is 1. The van der Waals surface area contributed by atoms with Gasteiger partial charge in [0.1, 0.15) is 11.6 Å². The number of phenols is 1. The summed E-state index contributed by atoms with van der Waals surface area (Å²) < 4.78 is 2.16. The molecule has 0 spiro atoms. The zero-order valence-corrected chi connectivity index (χ0v) is 12.1. The van der Waals surface area contributed by atoms with Gasteiger partial charge in [0.15, 0.2) is 0 Å². The molecule has 102 valence electrons. The second-order valence-electron chi connectivity index (χ2n) is 4.81. The number of nitrogens with zero attached hydrogens (tertiary/aromatic N) is 2. The molecule has 20 heavy (non-hydrogen) atoms. The Kier molecular flexibility index (Phi) is 3.14. The molecule has 0 unspecified atom stereocenters. The summed E-state index contributed by atoms with van der Waals surface area (Å²) >= 11 is 6.04. The molecule has 4 heteroatoms. The molecular weight excluding hydrogens is 272 g/mol. The van der Waals surface area contributed by atoms with E-state index >= 15 is 0 Å². The second kappa shape index (κ2) is 4.84. The minimum atomic E-state index is 0.272. The smallest absolute Gasteiger partial charge is 0.141 e. The van der Waals surface area contributed by atoms with Gasteiger partial charge in [-0.2, -0.15) is 0 Å². The predicted octanol–water partition coefficient (Wildman–Crippen LogP) is 4.39. The first-order valence-electron chi connectivity index (χ1n) is 6.56. The van der Waals surface area contributed by atoms with Crippen molar-refractivity contribution in [1.82, 2.24) is 9.55 Å². The van der Waals surface area contributed by atoms with Gasteiger partial charge < -0.3 is 9.67 Å². The molecule has 3 rings (SSSR count). The minimum Gasteiger partial charge on any atom is -0.508 e. The number of hydrogen-bond acceptors (Lipinski definition) is 2. The van der Waals surface area contributed by atoms with E-state index in [1.807, 2.05) is 31.2 Å². The van der Waals surface area contributed by atoms with Gasteiger partial charge in [0.25, 0.3) is 0 Å². The van der Waals surface area contributed by atoms with Crippen molar-refractivity contribution in [2.24, 2.45) is 0 Å². The van der Waals surface area contributed by atoms with E-state index in [9.17, 15) is 5.11 Å². The number of aromatic hydroxyl groups is 1. The summed E-state index contributed by atoms with van der Waals surface area (Å²) in [5, 5.41) is 10.2. The number of fused-ring (bicyclic) bond motifs is 1. The van der Waals surface area contributed by atoms with Crippen LogP contribution in [-0.4, -0.2) is 14.7 Å². The fourth-order valence-electron chi connectivity index (χ4n) is 2.53. The van der Waals surface area contributed by atoms with Crippen molar-refractivity contribution >= 4 is 22.6 Å². The molecule has 0 fully saturated rings. The summed E-state index contributed by atoms with van der Waals surface area (Å²) in [5.41, 5.74) is 3.99. The maximum absolute atomic E-state index is 9.54. The molecule has 0 radical (unpaired) electrons. The Labute approximate surface area is 122 Å². The highest BCUT2D eigenvalue weighted by atomic mass is 35.5. The predicted molar refractivity (Wildman–Crippen MR) is 82.3 cm³/mol. The molecule has 0 bridgehead atoms. The highest BCUT2D eigenvalue weighted by Gasteiger charge is 2.13. The minimum absolute atomic E-state index is 0.272. The third-order valence-electron chi connectivity index (χ3n) is 3.48. The van der Waals surface area contributed by atoms with Crippen molar-refractivity contribution in [2.75, 3.05) is 0 Å². The Morgan fingerprint density at radius 3 is 2.70 bits per heavy atom. The number of aryl methyl sites for hydroxylation is 2. The van der Waals surface area contributed by atoms with Crippen molar-refractivity contribution in [3.05, 3.63) is 47.0 Å². The van der Waals surface area contributed by atoms with Crippen LogP contribution in [0.5, 0.6) is 5.75 Å². The summed E-state index contributed by atoms with van der Waals surface area (Å²) in [4.78, 5) is 4.70. The van der Waals surface area contributed by atoms with Crippen molar-refractivity contribution in [1.29, 1.82) is 0 Å². The molecule has 0 amide bonds. The van der Waals surface area contributed by atoms with Crippen molar-refractivity contribution in [3.8, 4) is 17.1 Å². The molecule has 0 aliphatic heterocycles. The van der Waals surface area contributed by atoms with Gasteiger partial charge >= 0.3 is 0 Å². The van der Waals surface area contributed by atoms with Crippen LogP contribution in [0, 0.1) is 6.92 Å². The van der Waals surface area contributed by atoms with Crippen LogP contribution in [0.2, 0.25) is 5.02 Å². The van der Waals surface area contributed by atoms with Crippen molar-refractivity contribution in [2.45, 2.75) is 20.4 Å². The van der Waals surface area contributed by atoms with E-state index in [0.29, 0.717) is 5.02 Å². The fraction of sp³-hybridized carbons (Fsp3) is 0.188. The number of aromatic nitrogens is 2. The van der Waals surface area contributed by atoms with Gasteiger partial charge in [-0.25, -0.2) is 4.98 Å². The maximum Gasteiger partial charge on any atom is 0.141 e. The average Bonchev–Trinajstić information content (AvgIpc) is 2.75. The Balaban J connectivity index is 2.30. The van der Waals surface area contributed by atoms with Crippen LogP contribution in [0.4, 0.5) is 0 Å². The van der Waals surface area contributed by atoms with Crippen molar-refractivity contribution < 1.29 is 5.11 Å². The van der Waals surface area contributed by atoms with Crippen LogP contribution >= 0.6 is 11.6 Å². The van der Waals surface area contributed by atoms with E-state index in [4.69, 9.17) is 16.6 Å². The molecule has 0 saturated carbocycles. The average molecular weight is 287 g/mol. The first-order chi connectivity index (χ1) is 9.60. The number of halogens is 1. The van der Waals surface area contributed by atoms with Crippen LogP contribution in [-0.2, 0) is 6.54 Å². The Hall–Kier alpha value is -2.00. The van der Waals surface area contributed by atoms with Gasteiger partial charge in [-0.3, -0.25) is 0 Å². The highest BCUT2D eigenvalue weighted by Crippen LogP contribution is 2.30. The van der Waals surface area contributed by atoms with Crippen LogP contribution in [0.1, 0.15) is 12.5 Å². The monoisotopic (exact) mass is 286 g/mol. The standard InChI is InChI=1S/C16H15ClN2O/c1-3-19-15-7-4-11(17)9-14(15)18-16(19)13-6-5-12(20)8-10(13)2/h4-9,20H,3H2,1-2H3. The summed E-state index contributed by atoms with van der Waals surface area (Å²) in [6.07, 6.45) is 0. The van der Waals surface area contributed by atoms with E-state index in [1.54, 1.807) is 12.1 Å². The van der Waals surface area contributed by atoms with Crippen molar-refractivity contribution in [3.63, 3.8) is 0 Å². The summed E-state index contributed by atoms with van der Waals surface area (Å²) in [6, 6.07) is 11.1. The zero-order chi connectivity index (χ0) is 14.3. The highest BCUT2D eigenvalue weighted by molar-refractivity contribution is 6.31. The SMILES string of the molecule is CCn1c(-c2ccc(O)cc2C)nc2cc(Cl)ccc21. The molecule has 0 aliphatic carbocycles. The third-order valence-corrected chi connectivity index (χ3v) is 3.71. The van der Waals surface area contributed by atoms with Gasteiger partial charge in [0.05, 0.1) is 11.0 Å². The fourth-order valence-corrected chi connectivity index (χ4v) is 2.69. The first kappa shape index (κ1) is 13.0. The molecule has 3 aromatic rings. The lowest BCUT2D eigenvalue weighted by Crippen LogP contribution is -1.98. The zero-order valence-electron chi connectivity index (χ0n) is 11.4. The maximum atomic E-state index is 9.54. The quantitative estimate of drug-likeness (QED) is 0.759. The molecule has 1 aromatic heterocycles. The summed E-state index contributed by atoms with van der Waals surface area (Å²) in [5.74, 6) is 1.18. The van der Waals surface area contributed by atoms with E-state index in [2.05, 4.69) is 11.5 Å². The van der Waals surface area contributed by atoms with Gasteiger partial charge in [-0.1, -0.05) is 11.6 Å². The molecule has 0 atom stereocenters. The van der Waals surface area contributed by atoms with Gasteiger partial charge in [-0.15, -0.1) is 0 Å². The van der Waals surface area contributed by atoms with Crippen LogP contribution in [0.25, 0.3) is 22.4 Å². The van der Waals surface area contributed by atoms with Gasteiger partial charge in [-0.05, 0) is 55.8 Å². The Morgan fingerprint density at radius 2 is 2.00 bits per heavy atom. The molecular formula is C16H15ClN2O. The first-order valence-corrected chi connectivity index (χ1v) is 6.93. The van der Waals surface area contributed by atoms with E-state index in [-0.39, 0.29) is 5.75 Å². The molecule has 0 aliphatic rings. The largest absolute Gasteiger partial charge is 0.508 e. The van der Waals surface area contributed by atoms with Crippen LogP contribution in [0.3, 0.4) is 0 Å². The number of benzene rings is 2. The van der Waals surface area contributed by atoms with E-state index < -0.39 is 0 Å². The van der Waals surface area contributed by atoms with Gasteiger partial charge in [0, 0.05) is 17.1 Å². The molecule has 1 heterocycles. The second-order valence-corrected chi connectivity index (χ2v) is 5.25. The Morgan fingerprint density at radius 1 is 1.20 bits per heavy atom. The molecule has 0 saturated heterocycles. The summed E-state index contributed by atoms with van der Waals surface area (Å²) in [6.45, 7) is 4.89. The Bertz CT molecular complexity index is 793. The number of rotatable bonds is 2. The van der Waals surface area contributed by atoms with Crippen LogP contribution < -0.4 is 0 Å². The number of hydrogen-bond donors (Lipinski definition) is 1. The molecule has 2 aromatic carbocycles. The normalized spacial score (nSPS) is 11.2. The third kappa shape index (κ3) is 2.04. The lowest BCUT2D eigenvalue weighted by Gasteiger charge is -2.09. The number of imidazole rings is 1. The summed E-state index contributed by atoms with van der Waals surface area (Å²) in [7, 11) is 0. The molecule has 1 N–H and O–H groups in total. The van der Waals surface area contributed by atoms with E-state index in [1.165, 1.54) is 0 Å².